The van der Waals surface area contributed by atoms with Crippen molar-refractivity contribution >= 4 is 41.7 Å². The molecule has 6 atom stereocenters. The number of nitrogens with zero attached hydrogens (tertiary/aromatic N) is 3. The van der Waals surface area contributed by atoms with Gasteiger partial charge >= 0.3 is 0 Å². The third-order valence-corrected chi connectivity index (χ3v) is 13.8. The molecule has 6 fully saturated rings. The Labute approximate surface area is 386 Å². The van der Waals surface area contributed by atoms with E-state index in [-0.39, 0.29) is 73.8 Å². The minimum atomic E-state index is -0.593. The smallest absolute Gasteiger partial charge is 0.255 e. The van der Waals surface area contributed by atoms with Gasteiger partial charge in [-0.25, -0.2) is 0 Å². The number of hydrogen-bond donors (Lipinski definition) is 3. The van der Waals surface area contributed by atoms with Crippen LogP contribution in [-0.4, -0.2) is 139 Å². The Balaban J connectivity index is 0.000000174. The van der Waals surface area contributed by atoms with E-state index in [9.17, 15) is 33.6 Å². The molecule has 2 aliphatic carbocycles. The molecule has 6 heterocycles. The Hall–Kier alpha value is -5.23. The van der Waals surface area contributed by atoms with E-state index in [1.807, 2.05) is 30.3 Å². The molecule has 3 N–H and O–H groups in total. The van der Waals surface area contributed by atoms with Gasteiger partial charge in [0.1, 0.15) is 42.1 Å². The molecule has 8 aliphatic rings. The van der Waals surface area contributed by atoms with Gasteiger partial charge in [0.15, 0.2) is 0 Å². The fourth-order valence-electron chi connectivity index (χ4n) is 10.2. The second-order valence-electron chi connectivity index (χ2n) is 18.3. The highest BCUT2D eigenvalue weighted by atomic mass is 16.5. The second kappa shape index (κ2) is 22.0. The van der Waals surface area contributed by atoms with Crippen molar-refractivity contribution in [1.29, 1.82) is 0 Å². The van der Waals surface area contributed by atoms with Crippen LogP contribution < -0.4 is 25.4 Å². The molecule has 66 heavy (non-hydrogen) atoms. The van der Waals surface area contributed by atoms with Gasteiger partial charge in [0.2, 0.25) is 23.6 Å². The Morgan fingerprint density at radius 3 is 1.70 bits per heavy atom. The number of likely N-dealkylation sites (N-methyl/N-ethyl adjacent to an activating group) is 2. The maximum Gasteiger partial charge on any atom is 0.255 e. The van der Waals surface area contributed by atoms with Gasteiger partial charge in [-0.05, 0) is 112 Å². The van der Waals surface area contributed by atoms with Gasteiger partial charge in [-0.2, -0.15) is 0 Å². The topological polar surface area (TPSA) is 202 Å². The van der Waals surface area contributed by atoms with E-state index in [0.717, 1.165) is 100 Å². The lowest BCUT2D eigenvalue weighted by Gasteiger charge is -2.37. The van der Waals surface area contributed by atoms with E-state index in [1.54, 1.807) is 15.9 Å². The number of imide groups is 2. The van der Waals surface area contributed by atoms with Gasteiger partial charge in [0.05, 0.1) is 32.3 Å². The number of benzene rings is 2. The highest BCUT2D eigenvalue weighted by Crippen LogP contribution is 2.35. The van der Waals surface area contributed by atoms with Gasteiger partial charge in [-0.1, -0.05) is 21.3 Å². The van der Waals surface area contributed by atoms with Gasteiger partial charge in [0.25, 0.3) is 11.8 Å². The highest BCUT2D eigenvalue weighted by molar-refractivity contribution is 6.06. The summed E-state index contributed by atoms with van der Waals surface area (Å²) >= 11 is 0. The average molecular weight is 915 g/mol. The molecule has 10 rings (SSSR count). The van der Waals surface area contributed by atoms with Crippen LogP contribution in [0, 0.1) is 11.8 Å². The predicted molar refractivity (Wildman–Crippen MR) is 241 cm³/mol. The first kappa shape index (κ1) is 48.7. The fraction of sp³-hybridized carbons (Fsp3) is 0.612. The predicted octanol–water partition coefficient (Wildman–Crippen LogP) is 3.54. The molecule has 6 amide bonds. The molecule has 0 spiro atoms. The number of nitrogens with one attached hydrogen (secondary N) is 3. The molecule has 2 aromatic carbocycles. The molecule has 0 bridgehead atoms. The lowest BCUT2D eigenvalue weighted by atomic mass is 10.0. The van der Waals surface area contributed by atoms with E-state index in [4.69, 9.17) is 18.9 Å². The van der Waals surface area contributed by atoms with Crippen molar-refractivity contribution in [2.75, 3.05) is 46.1 Å². The molecule has 2 unspecified atom stereocenters. The first-order valence-electron chi connectivity index (χ1n) is 23.5. The standard InChI is InChI=1S/C24H31N3O5.C20H25N3O4.C4H6O2.CH4/c1-2-26(11-15-13-31-14-15)19-4-3-5-21(19)32-17-6-7-18-16(10-17)12-27(24(18)30)20-8-9-22(28)25-23(20)29;1-2-21-15-4-3-5-17(15)27-13-6-7-14-12(10-13)11-23(20(14)26)16-8-9-18(24)22-19(16)25;5-1-4-2-6-3-4;/h6-7,10,15,19-21H,2-5,8-9,11-14H2,1H3,(H,25,28,29);6-7,10,15-17,21H,2-5,8-9,11H2,1H3,(H,22,24,25);1,4H,2-3H2;1H4/t19-,20?,21-;15-,16?,17-;;/m00../s1. The van der Waals surface area contributed by atoms with Gasteiger partial charge in [-0.15, -0.1) is 0 Å². The third-order valence-electron chi connectivity index (χ3n) is 13.8. The maximum absolute atomic E-state index is 12.9. The molecule has 4 saturated heterocycles. The largest absolute Gasteiger partial charge is 0.489 e. The van der Waals surface area contributed by atoms with Crippen LogP contribution in [0.5, 0.6) is 11.5 Å². The summed E-state index contributed by atoms with van der Waals surface area (Å²) in [6.07, 6.45) is 9.09. The number of hydrogen-bond acceptors (Lipinski definition) is 13. The minimum Gasteiger partial charge on any atom is -0.489 e. The van der Waals surface area contributed by atoms with Crippen molar-refractivity contribution in [3.63, 3.8) is 0 Å². The Morgan fingerprint density at radius 1 is 0.712 bits per heavy atom. The first-order chi connectivity index (χ1) is 31.5. The van der Waals surface area contributed by atoms with Crippen LogP contribution in [0.3, 0.4) is 0 Å². The lowest BCUT2D eigenvalue weighted by molar-refractivity contribution is -0.138. The summed E-state index contributed by atoms with van der Waals surface area (Å²) < 4.78 is 22.7. The fourth-order valence-corrected chi connectivity index (χ4v) is 10.2. The SMILES string of the molecule is C.CCN(CC1COC1)[C@H]1CCC[C@@H]1Oc1ccc2c(c1)CN(C1CCC(=O)NC1=O)C2=O.CCN[C@H]1CCC[C@@H]1Oc1ccc2c(c1)CN(C1CCC(=O)NC1=O)C2=O.O=CC1COC1. The molecule has 0 aromatic heterocycles. The lowest BCUT2D eigenvalue weighted by Crippen LogP contribution is -2.52. The van der Waals surface area contributed by atoms with Crippen molar-refractivity contribution in [3.8, 4) is 11.5 Å². The van der Waals surface area contributed by atoms with E-state index < -0.39 is 12.1 Å². The van der Waals surface area contributed by atoms with Crippen LogP contribution >= 0.6 is 0 Å². The first-order valence-corrected chi connectivity index (χ1v) is 23.5. The number of rotatable bonds is 13. The molecule has 358 valence electrons. The normalized spacial score (nSPS) is 27.0. The Bertz CT molecular complexity index is 2130. The zero-order chi connectivity index (χ0) is 45.6. The zero-order valence-corrected chi connectivity index (χ0v) is 37.4. The summed E-state index contributed by atoms with van der Waals surface area (Å²) in [5.74, 6) is 0.754. The van der Waals surface area contributed by atoms with Gasteiger partial charge in [-0.3, -0.25) is 44.3 Å². The number of carbonyl (C=O) groups excluding carboxylic acids is 7. The monoisotopic (exact) mass is 914 g/mol. The minimum absolute atomic E-state index is 0. The summed E-state index contributed by atoms with van der Waals surface area (Å²) in [4.78, 5) is 88.2. The number of aldehydes is 1. The van der Waals surface area contributed by atoms with E-state index >= 15 is 0 Å². The van der Waals surface area contributed by atoms with Gasteiger partial charge in [0, 0.05) is 61.6 Å². The Morgan fingerprint density at radius 2 is 1.24 bits per heavy atom. The average Bonchev–Trinajstić information content (AvgIpc) is 4.04. The van der Waals surface area contributed by atoms with E-state index in [1.165, 1.54) is 0 Å². The van der Waals surface area contributed by atoms with E-state index in [0.29, 0.717) is 68.3 Å². The number of fused-ring (bicyclic) bond motifs is 2. The molecule has 2 aromatic rings. The summed E-state index contributed by atoms with van der Waals surface area (Å²) in [5.41, 5.74) is 2.98. The molecule has 2 saturated carbocycles. The van der Waals surface area contributed by atoms with Crippen molar-refractivity contribution in [1.82, 2.24) is 30.7 Å². The number of ether oxygens (including phenoxy) is 4. The van der Waals surface area contributed by atoms with E-state index in [2.05, 4.69) is 34.7 Å². The molecule has 6 aliphatic heterocycles. The summed E-state index contributed by atoms with van der Waals surface area (Å²) in [6.45, 7) is 11.0. The van der Waals surface area contributed by atoms with Crippen LogP contribution in [0.4, 0.5) is 0 Å². The third kappa shape index (κ3) is 11.0. The molecule has 0 radical (unpaired) electrons. The molecular formula is C49H66N6O11. The van der Waals surface area contributed by atoms with Crippen LogP contribution in [-0.2, 0) is 46.5 Å². The van der Waals surface area contributed by atoms with Crippen molar-refractivity contribution in [2.45, 2.75) is 135 Å². The molecular weight excluding hydrogens is 849 g/mol. The van der Waals surface area contributed by atoms with Crippen molar-refractivity contribution in [3.05, 3.63) is 58.7 Å². The van der Waals surface area contributed by atoms with Crippen molar-refractivity contribution in [2.24, 2.45) is 11.8 Å². The van der Waals surface area contributed by atoms with Crippen molar-refractivity contribution < 1.29 is 52.5 Å². The Kier molecular flexibility index (Phi) is 16.3. The summed E-state index contributed by atoms with van der Waals surface area (Å²) in [7, 11) is 0. The number of piperidine rings is 2. The number of carbonyl (C=O) groups is 7. The summed E-state index contributed by atoms with van der Waals surface area (Å²) in [5, 5.41) is 8.15. The van der Waals surface area contributed by atoms with Crippen LogP contribution in [0.1, 0.15) is 117 Å². The summed E-state index contributed by atoms with van der Waals surface area (Å²) in [6, 6.07) is 10.8. The van der Waals surface area contributed by atoms with Crippen LogP contribution in [0.2, 0.25) is 0 Å². The zero-order valence-electron chi connectivity index (χ0n) is 37.4. The number of amides is 6. The van der Waals surface area contributed by atoms with Crippen LogP contribution in [0.25, 0.3) is 0 Å². The van der Waals surface area contributed by atoms with Crippen LogP contribution in [0.15, 0.2) is 36.4 Å². The second-order valence-corrected chi connectivity index (χ2v) is 18.3. The molecule has 17 heteroatoms. The van der Waals surface area contributed by atoms with Gasteiger partial charge < -0.3 is 38.9 Å². The highest BCUT2D eigenvalue weighted by Gasteiger charge is 2.42. The maximum atomic E-state index is 12.9. The quantitative estimate of drug-likeness (QED) is 0.195. The molecule has 17 nitrogen and oxygen atoms in total.